The second-order valence-electron chi connectivity index (χ2n) is 6.63. The molecule has 1 aliphatic rings. The Morgan fingerprint density at radius 3 is 2.63 bits per heavy atom. The molecule has 0 bridgehead atoms. The minimum atomic E-state index is -0.802. The van der Waals surface area contributed by atoms with Crippen molar-refractivity contribution in [3.63, 3.8) is 0 Å². The van der Waals surface area contributed by atoms with Crippen LogP contribution in [-0.4, -0.2) is 31.3 Å². The first kappa shape index (κ1) is 14.0. The number of rotatable bonds is 5. The molecular weight excluding hydrogens is 244 g/mol. The summed E-state index contributed by atoms with van der Waals surface area (Å²) in [6.07, 6.45) is 4.25. The first-order valence-corrected chi connectivity index (χ1v) is 6.86. The van der Waals surface area contributed by atoms with Crippen LogP contribution in [0.5, 0.6) is 0 Å². The quantitative estimate of drug-likeness (QED) is 0.885. The van der Waals surface area contributed by atoms with Crippen molar-refractivity contribution in [3.05, 3.63) is 5.82 Å². The maximum Gasteiger partial charge on any atom is 0.305 e. The van der Waals surface area contributed by atoms with Crippen molar-refractivity contribution in [2.45, 2.75) is 64.8 Å². The molecule has 1 N–H and O–H groups in total. The Bertz CT molecular complexity index is 446. The monoisotopic (exact) mass is 266 g/mol. The number of carboxylic acids is 1. The molecule has 0 amide bonds. The van der Waals surface area contributed by atoms with Crippen molar-refractivity contribution >= 4 is 5.97 Å². The van der Waals surface area contributed by atoms with Gasteiger partial charge in [-0.05, 0) is 35.1 Å². The van der Waals surface area contributed by atoms with Gasteiger partial charge in [0.2, 0.25) is 0 Å². The van der Waals surface area contributed by atoms with E-state index in [4.69, 9.17) is 5.11 Å². The van der Waals surface area contributed by atoms with E-state index in [1.807, 2.05) is 0 Å². The van der Waals surface area contributed by atoms with Gasteiger partial charge in [-0.15, -0.1) is 5.10 Å². The summed E-state index contributed by atoms with van der Waals surface area (Å²) < 4.78 is 1.75. The number of aromatic nitrogens is 4. The Morgan fingerprint density at radius 2 is 2.16 bits per heavy atom. The van der Waals surface area contributed by atoms with E-state index in [-0.39, 0.29) is 17.9 Å². The highest BCUT2D eigenvalue weighted by Gasteiger charge is 2.31. The van der Waals surface area contributed by atoms with E-state index < -0.39 is 5.97 Å². The van der Waals surface area contributed by atoms with Crippen molar-refractivity contribution in [1.82, 2.24) is 20.2 Å². The van der Waals surface area contributed by atoms with Crippen LogP contribution >= 0.6 is 0 Å². The molecule has 1 aromatic heterocycles. The van der Waals surface area contributed by atoms with Crippen LogP contribution in [-0.2, 0) is 4.79 Å². The Balaban J connectivity index is 2.21. The number of hydrogen-bond donors (Lipinski definition) is 1. The average Bonchev–Trinajstić information content (AvgIpc) is 2.59. The SMILES string of the molecule is CC(C)(C)CC(CC(=O)O)n1nnnc1C1CCC1. The highest BCUT2D eigenvalue weighted by atomic mass is 16.4. The van der Waals surface area contributed by atoms with Gasteiger partial charge in [-0.2, -0.15) is 0 Å². The molecular formula is C13H22N4O2. The molecule has 1 fully saturated rings. The second-order valence-corrected chi connectivity index (χ2v) is 6.63. The number of tetrazole rings is 1. The lowest BCUT2D eigenvalue weighted by Gasteiger charge is -2.29. The first-order chi connectivity index (χ1) is 8.87. The van der Waals surface area contributed by atoms with Crippen LogP contribution in [0.25, 0.3) is 0 Å². The van der Waals surface area contributed by atoms with E-state index in [0.717, 1.165) is 25.1 Å². The molecule has 0 spiro atoms. The third-order valence-electron chi connectivity index (χ3n) is 3.59. The number of carboxylic acid groups (broad SMARTS) is 1. The van der Waals surface area contributed by atoms with Crippen LogP contribution in [0.2, 0.25) is 0 Å². The van der Waals surface area contributed by atoms with Crippen LogP contribution in [0.4, 0.5) is 0 Å². The highest BCUT2D eigenvalue weighted by Crippen LogP contribution is 2.37. The Hall–Kier alpha value is -1.46. The van der Waals surface area contributed by atoms with Crippen LogP contribution in [0, 0.1) is 5.41 Å². The van der Waals surface area contributed by atoms with E-state index in [0.29, 0.717) is 5.92 Å². The lowest BCUT2D eigenvalue weighted by Crippen LogP contribution is -2.25. The summed E-state index contributed by atoms with van der Waals surface area (Å²) >= 11 is 0. The van der Waals surface area contributed by atoms with Crippen LogP contribution in [0.15, 0.2) is 0 Å². The van der Waals surface area contributed by atoms with Crippen molar-refractivity contribution in [2.75, 3.05) is 0 Å². The standard InChI is InChI=1S/C13H22N4O2/c1-13(2,3)8-10(7-11(18)19)17-12(14-15-16-17)9-5-4-6-9/h9-10H,4-8H2,1-3H3,(H,18,19). The Morgan fingerprint density at radius 1 is 1.47 bits per heavy atom. The molecule has 0 saturated heterocycles. The molecule has 2 rings (SSSR count). The third kappa shape index (κ3) is 3.52. The van der Waals surface area contributed by atoms with Crippen LogP contribution < -0.4 is 0 Å². The van der Waals surface area contributed by atoms with Gasteiger partial charge in [0.25, 0.3) is 0 Å². The maximum absolute atomic E-state index is 11.1. The molecule has 0 aromatic carbocycles. The van der Waals surface area contributed by atoms with Gasteiger partial charge in [0.05, 0.1) is 12.5 Å². The van der Waals surface area contributed by atoms with Gasteiger partial charge >= 0.3 is 5.97 Å². The second kappa shape index (κ2) is 5.27. The largest absolute Gasteiger partial charge is 0.481 e. The average molecular weight is 266 g/mol. The predicted molar refractivity (Wildman–Crippen MR) is 69.8 cm³/mol. The van der Waals surface area contributed by atoms with Gasteiger partial charge in [0.15, 0.2) is 5.82 Å². The van der Waals surface area contributed by atoms with Crippen LogP contribution in [0.1, 0.15) is 70.7 Å². The summed E-state index contributed by atoms with van der Waals surface area (Å²) in [5, 5.41) is 21.0. The van der Waals surface area contributed by atoms with Crippen molar-refractivity contribution in [2.24, 2.45) is 5.41 Å². The fourth-order valence-corrected chi connectivity index (χ4v) is 2.55. The summed E-state index contributed by atoms with van der Waals surface area (Å²) in [5.74, 6) is 0.470. The molecule has 6 nitrogen and oxygen atoms in total. The highest BCUT2D eigenvalue weighted by molar-refractivity contribution is 5.67. The van der Waals surface area contributed by atoms with Crippen molar-refractivity contribution < 1.29 is 9.90 Å². The molecule has 0 aliphatic heterocycles. The summed E-state index contributed by atoms with van der Waals surface area (Å²) in [4.78, 5) is 11.1. The summed E-state index contributed by atoms with van der Waals surface area (Å²) in [6.45, 7) is 6.32. The fraction of sp³-hybridized carbons (Fsp3) is 0.846. The molecule has 1 aromatic rings. The van der Waals surface area contributed by atoms with E-state index in [2.05, 4.69) is 36.3 Å². The maximum atomic E-state index is 11.1. The Labute approximate surface area is 113 Å². The van der Waals surface area contributed by atoms with Gasteiger partial charge in [0, 0.05) is 5.92 Å². The zero-order valence-electron chi connectivity index (χ0n) is 11.8. The fourth-order valence-electron chi connectivity index (χ4n) is 2.55. The van der Waals surface area contributed by atoms with Gasteiger partial charge in [0.1, 0.15) is 0 Å². The van der Waals surface area contributed by atoms with E-state index in [9.17, 15) is 4.79 Å². The lowest BCUT2D eigenvalue weighted by atomic mass is 9.83. The number of hydrogen-bond acceptors (Lipinski definition) is 4. The zero-order chi connectivity index (χ0) is 14.0. The van der Waals surface area contributed by atoms with Crippen molar-refractivity contribution in [3.8, 4) is 0 Å². The van der Waals surface area contributed by atoms with Gasteiger partial charge in [-0.1, -0.05) is 27.2 Å². The minimum absolute atomic E-state index is 0.0446. The van der Waals surface area contributed by atoms with E-state index in [1.54, 1.807) is 4.68 Å². The summed E-state index contributed by atoms with van der Waals surface area (Å²) in [6, 6.07) is -0.164. The number of aliphatic carboxylic acids is 1. The normalized spacial score (nSPS) is 18.1. The molecule has 1 heterocycles. The number of nitrogens with zero attached hydrogens (tertiary/aromatic N) is 4. The van der Waals surface area contributed by atoms with Crippen molar-refractivity contribution in [1.29, 1.82) is 0 Å². The predicted octanol–water partition coefficient (Wildman–Crippen LogP) is 2.39. The van der Waals surface area contributed by atoms with Crippen LogP contribution in [0.3, 0.4) is 0 Å². The molecule has 6 heteroatoms. The summed E-state index contributed by atoms with van der Waals surface area (Å²) in [5.41, 5.74) is 0.0446. The Kier molecular flexibility index (Phi) is 3.87. The zero-order valence-corrected chi connectivity index (χ0v) is 11.8. The molecule has 19 heavy (non-hydrogen) atoms. The van der Waals surface area contributed by atoms with E-state index >= 15 is 0 Å². The molecule has 1 atom stereocenters. The van der Waals surface area contributed by atoms with E-state index in [1.165, 1.54) is 6.42 Å². The number of carbonyl (C=O) groups is 1. The first-order valence-electron chi connectivity index (χ1n) is 6.86. The topological polar surface area (TPSA) is 80.9 Å². The molecule has 0 radical (unpaired) electrons. The smallest absolute Gasteiger partial charge is 0.305 e. The molecule has 1 saturated carbocycles. The molecule has 106 valence electrons. The molecule has 1 unspecified atom stereocenters. The van der Waals surface area contributed by atoms with Gasteiger partial charge in [-0.3, -0.25) is 4.79 Å². The third-order valence-corrected chi connectivity index (χ3v) is 3.59. The van der Waals surface area contributed by atoms with Gasteiger partial charge < -0.3 is 5.11 Å². The van der Waals surface area contributed by atoms with Gasteiger partial charge in [-0.25, -0.2) is 4.68 Å². The minimum Gasteiger partial charge on any atom is -0.481 e. The summed E-state index contributed by atoms with van der Waals surface area (Å²) in [7, 11) is 0. The molecule has 1 aliphatic carbocycles. The lowest BCUT2D eigenvalue weighted by molar-refractivity contribution is -0.138.